The summed E-state index contributed by atoms with van der Waals surface area (Å²) in [5.41, 5.74) is 7.46. The molecule has 1 amide bonds. The van der Waals surface area contributed by atoms with E-state index >= 15 is 0 Å². The number of hydrogen-bond acceptors (Lipinski definition) is 4. The zero-order chi connectivity index (χ0) is 15.7. The van der Waals surface area contributed by atoms with E-state index in [1.54, 1.807) is 0 Å². The fourth-order valence-electron chi connectivity index (χ4n) is 3.40. The molecule has 1 saturated carbocycles. The normalized spacial score (nSPS) is 23.8. The molecule has 0 radical (unpaired) electrons. The molecule has 3 rings (SSSR count). The molecule has 5 nitrogen and oxygen atoms in total. The average Bonchev–Trinajstić information content (AvgIpc) is 2.94. The Morgan fingerprint density at radius 3 is 2.64 bits per heavy atom. The highest BCUT2D eigenvalue weighted by Crippen LogP contribution is 2.44. The quantitative estimate of drug-likeness (QED) is 0.906. The zero-order valence-corrected chi connectivity index (χ0v) is 13.2. The van der Waals surface area contributed by atoms with Gasteiger partial charge < -0.3 is 20.1 Å². The average molecular weight is 304 g/mol. The van der Waals surface area contributed by atoms with Crippen LogP contribution in [0.5, 0.6) is 11.5 Å². The summed E-state index contributed by atoms with van der Waals surface area (Å²) in [7, 11) is 0. The molecule has 0 saturated heterocycles. The minimum Gasteiger partial charge on any atom is -0.454 e. The Hall–Kier alpha value is -1.75. The van der Waals surface area contributed by atoms with Crippen LogP contribution in [0.25, 0.3) is 0 Å². The fraction of sp³-hybridized carbons (Fsp3) is 0.588. The number of hydrogen-bond donors (Lipinski definition) is 1. The molecule has 2 N–H and O–H groups in total. The Kier molecular flexibility index (Phi) is 4.25. The molecular formula is C17H24N2O3. The number of benzene rings is 1. The van der Waals surface area contributed by atoms with Crippen LogP contribution in [-0.2, 0) is 4.79 Å². The minimum absolute atomic E-state index is 0.0559. The third kappa shape index (κ3) is 2.54. The lowest BCUT2D eigenvalue weighted by molar-refractivity contribution is -0.141. The third-order valence-corrected chi connectivity index (χ3v) is 4.96. The van der Waals surface area contributed by atoms with Gasteiger partial charge in [-0.15, -0.1) is 0 Å². The summed E-state index contributed by atoms with van der Waals surface area (Å²) in [6.07, 6.45) is 1.95. The number of amides is 1. The second-order valence-corrected chi connectivity index (χ2v) is 6.00. The summed E-state index contributed by atoms with van der Waals surface area (Å²) >= 11 is 0. The fourth-order valence-corrected chi connectivity index (χ4v) is 3.40. The van der Waals surface area contributed by atoms with E-state index < -0.39 is 0 Å². The predicted molar refractivity (Wildman–Crippen MR) is 83.6 cm³/mol. The van der Waals surface area contributed by atoms with Crippen LogP contribution in [0.1, 0.15) is 38.3 Å². The first-order valence-electron chi connectivity index (χ1n) is 8.09. The van der Waals surface area contributed by atoms with Crippen molar-refractivity contribution < 1.29 is 14.3 Å². The van der Waals surface area contributed by atoms with Gasteiger partial charge in [0.15, 0.2) is 11.5 Å². The number of carbonyl (C=O) groups excluding carboxylic acids is 1. The van der Waals surface area contributed by atoms with Crippen molar-refractivity contribution in [3.63, 3.8) is 0 Å². The first-order chi connectivity index (χ1) is 10.7. The highest BCUT2D eigenvalue weighted by atomic mass is 16.7. The van der Waals surface area contributed by atoms with Crippen LogP contribution in [0.4, 0.5) is 0 Å². The Bertz CT molecular complexity index is 557. The molecule has 5 heteroatoms. The molecule has 3 atom stereocenters. The summed E-state index contributed by atoms with van der Waals surface area (Å²) in [5.74, 6) is 2.03. The van der Waals surface area contributed by atoms with Gasteiger partial charge >= 0.3 is 0 Å². The van der Waals surface area contributed by atoms with E-state index in [-0.39, 0.29) is 30.6 Å². The molecule has 2 aliphatic rings. The predicted octanol–water partition coefficient (Wildman–Crippen LogP) is 2.31. The van der Waals surface area contributed by atoms with E-state index in [9.17, 15) is 4.79 Å². The minimum atomic E-state index is -0.132. The molecular weight excluding hydrogens is 280 g/mol. The molecule has 1 fully saturated rings. The molecule has 22 heavy (non-hydrogen) atoms. The number of rotatable bonds is 5. The molecule has 0 aromatic heterocycles. The van der Waals surface area contributed by atoms with Crippen LogP contribution >= 0.6 is 0 Å². The van der Waals surface area contributed by atoms with Crippen LogP contribution in [0.3, 0.4) is 0 Å². The van der Waals surface area contributed by atoms with Gasteiger partial charge in [0.25, 0.3) is 0 Å². The Morgan fingerprint density at radius 1 is 1.27 bits per heavy atom. The van der Waals surface area contributed by atoms with Gasteiger partial charge in [-0.3, -0.25) is 4.79 Å². The first-order valence-corrected chi connectivity index (χ1v) is 8.09. The molecule has 1 aromatic rings. The maximum absolute atomic E-state index is 12.5. The smallest absolute Gasteiger partial charge is 0.231 e. The molecule has 120 valence electrons. The van der Waals surface area contributed by atoms with Crippen molar-refractivity contribution in [3.05, 3.63) is 23.8 Å². The Morgan fingerprint density at radius 2 is 2.00 bits per heavy atom. The lowest BCUT2D eigenvalue weighted by Crippen LogP contribution is -2.46. The van der Waals surface area contributed by atoms with Gasteiger partial charge in [0, 0.05) is 25.0 Å². The highest BCUT2D eigenvalue weighted by Gasteiger charge is 2.42. The van der Waals surface area contributed by atoms with Crippen LogP contribution in [0.15, 0.2) is 18.2 Å². The van der Waals surface area contributed by atoms with E-state index in [1.165, 1.54) is 0 Å². The zero-order valence-electron chi connectivity index (χ0n) is 13.2. The van der Waals surface area contributed by atoms with Crippen molar-refractivity contribution in [1.29, 1.82) is 0 Å². The SMILES string of the molecule is CCN(CC)C(=O)[C@@H]1CC[C@H]1C(N)c1ccc2c(c1)OCO2. The number of carbonyl (C=O) groups is 1. The maximum atomic E-state index is 12.5. The Labute approximate surface area is 131 Å². The lowest BCUT2D eigenvalue weighted by atomic mass is 9.67. The molecule has 1 unspecified atom stereocenters. The number of ether oxygens (including phenoxy) is 2. The van der Waals surface area contributed by atoms with Gasteiger partial charge in [-0.1, -0.05) is 6.07 Å². The lowest BCUT2D eigenvalue weighted by Gasteiger charge is -2.41. The van der Waals surface area contributed by atoms with Crippen LogP contribution in [-0.4, -0.2) is 30.7 Å². The van der Waals surface area contributed by atoms with Crippen molar-refractivity contribution in [2.24, 2.45) is 17.6 Å². The molecule has 1 aliphatic heterocycles. The monoisotopic (exact) mass is 304 g/mol. The first kappa shape index (κ1) is 15.2. The summed E-state index contributed by atoms with van der Waals surface area (Å²) < 4.78 is 10.7. The van der Waals surface area contributed by atoms with Crippen molar-refractivity contribution in [1.82, 2.24) is 4.90 Å². The van der Waals surface area contributed by atoms with E-state index in [4.69, 9.17) is 15.2 Å². The van der Waals surface area contributed by atoms with Gasteiger partial charge in [-0.25, -0.2) is 0 Å². The van der Waals surface area contributed by atoms with Crippen molar-refractivity contribution in [2.75, 3.05) is 19.9 Å². The molecule has 1 heterocycles. The molecule has 0 bridgehead atoms. The standard InChI is InChI=1S/C17H24N2O3/c1-3-19(4-2)17(20)13-7-6-12(13)16(18)11-5-8-14-15(9-11)22-10-21-14/h5,8-9,12-13,16H,3-4,6-7,10,18H2,1-2H3/t12-,13-,16?/m1/s1. The van der Waals surface area contributed by atoms with E-state index in [2.05, 4.69) is 0 Å². The van der Waals surface area contributed by atoms with Gasteiger partial charge in [0.2, 0.25) is 12.7 Å². The van der Waals surface area contributed by atoms with E-state index in [0.717, 1.165) is 43.0 Å². The van der Waals surface area contributed by atoms with Crippen molar-refractivity contribution in [3.8, 4) is 11.5 Å². The topological polar surface area (TPSA) is 64.8 Å². The second kappa shape index (κ2) is 6.16. The van der Waals surface area contributed by atoms with Crippen LogP contribution in [0, 0.1) is 11.8 Å². The number of fused-ring (bicyclic) bond motifs is 1. The Balaban J connectivity index is 1.72. The largest absolute Gasteiger partial charge is 0.454 e. The summed E-state index contributed by atoms with van der Waals surface area (Å²) in [4.78, 5) is 14.5. The highest BCUT2D eigenvalue weighted by molar-refractivity contribution is 5.80. The third-order valence-electron chi connectivity index (χ3n) is 4.96. The van der Waals surface area contributed by atoms with Crippen LogP contribution in [0.2, 0.25) is 0 Å². The summed E-state index contributed by atoms with van der Waals surface area (Å²) in [6.45, 7) is 5.83. The van der Waals surface area contributed by atoms with Gasteiger partial charge in [-0.2, -0.15) is 0 Å². The maximum Gasteiger partial charge on any atom is 0.231 e. The van der Waals surface area contributed by atoms with Crippen molar-refractivity contribution >= 4 is 5.91 Å². The van der Waals surface area contributed by atoms with Crippen molar-refractivity contribution in [2.45, 2.75) is 32.7 Å². The van der Waals surface area contributed by atoms with Gasteiger partial charge in [0.1, 0.15) is 0 Å². The van der Waals surface area contributed by atoms with Crippen LogP contribution < -0.4 is 15.2 Å². The molecule has 1 aliphatic carbocycles. The van der Waals surface area contributed by atoms with Gasteiger partial charge in [0.05, 0.1) is 0 Å². The number of nitrogens with two attached hydrogens (primary N) is 1. The van der Waals surface area contributed by atoms with E-state index in [1.807, 2.05) is 36.9 Å². The second-order valence-electron chi connectivity index (χ2n) is 6.00. The molecule has 1 aromatic carbocycles. The summed E-state index contributed by atoms with van der Waals surface area (Å²) in [6, 6.07) is 5.70. The summed E-state index contributed by atoms with van der Waals surface area (Å²) in [5, 5.41) is 0. The molecule has 0 spiro atoms. The van der Waals surface area contributed by atoms with E-state index in [0.29, 0.717) is 0 Å². The van der Waals surface area contributed by atoms with Gasteiger partial charge in [-0.05, 0) is 50.3 Å². The number of nitrogens with zero attached hydrogens (tertiary/aromatic N) is 1.